The molecule has 0 aromatic carbocycles. The Labute approximate surface area is 157 Å². The lowest BCUT2D eigenvalue weighted by atomic mass is 9.56. The molecule has 1 heterocycles. The summed E-state index contributed by atoms with van der Waals surface area (Å²) in [6, 6.07) is 0. The number of carbonyl (C=O) groups excluding carboxylic acids is 1. The van der Waals surface area contributed by atoms with Crippen molar-refractivity contribution in [2.45, 2.75) is 71.5 Å². The first-order valence-electron chi connectivity index (χ1n) is 10.6. The van der Waals surface area contributed by atoms with Crippen LogP contribution in [0, 0.1) is 29.1 Å². The van der Waals surface area contributed by atoms with Crippen molar-refractivity contribution in [1.82, 2.24) is 0 Å². The monoisotopic (exact) mass is 356 g/mol. The molecule has 1 aliphatic heterocycles. The van der Waals surface area contributed by atoms with E-state index in [-0.39, 0.29) is 17.1 Å². The van der Waals surface area contributed by atoms with E-state index in [0.29, 0.717) is 23.5 Å². The molecule has 2 fully saturated rings. The van der Waals surface area contributed by atoms with E-state index >= 15 is 0 Å². The summed E-state index contributed by atoms with van der Waals surface area (Å²) in [6.45, 7) is 8.03. The van der Waals surface area contributed by atoms with Crippen LogP contribution in [0.5, 0.6) is 0 Å². The molecule has 26 heavy (non-hydrogen) atoms. The fourth-order valence-corrected chi connectivity index (χ4v) is 7.53. The Balaban J connectivity index is 1.48. The predicted molar refractivity (Wildman–Crippen MR) is 100 cm³/mol. The Hall–Kier alpha value is -0.930. The van der Waals surface area contributed by atoms with Gasteiger partial charge in [-0.15, -0.1) is 0 Å². The van der Waals surface area contributed by atoms with Crippen molar-refractivity contribution in [3.63, 3.8) is 0 Å². The number of rotatable bonds is 1. The molecule has 4 aliphatic carbocycles. The van der Waals surface area contributed by atoms with Crippen molar-refractivity contribution in [3.05, 3.63) is 22.8 Å². The molecule has 0 bridgehead atoms. The van der Waals surface area contributed by atoms with Crippen molar-refractivity contribution in [2.24, 2.45) is 29.1 Å². The average Bonchev–Trinajstić information content (AvgIpc) is 3.15. The number of allylic oxidation sites excluding steroid dienone is 3. The molecule has 3 nitrogen and oxygen atoms in total. The first-order chi connectivity index (χ1) is 12.4. The molecule has 0 aromatic rings. The summed E-state index contributed by atoms with van der Waals surface area (Å²) in [5.74, 6) is 2.22. The molecule has 3 unspecified atom stereocenters. The molecule has 5 aliphatic rings. The lowest BCUT2D eigenvalue weighted by Gasteiger charge is -2.48. The highest BCUT2D eigenvalue weighted by Gasteiger charge is 2.57. The first kappa shape index (κ1) is 17.2. The van der Waals surface area contributed by atoms with Gasteiger partial charge in [-0.2, -0.15) is 0 Å². The van der Waals surface area contributed by atoms with Gasteiger partial charge in [-0.1, -0.05) is 25.5 Å². The standard InChI is InChI=1S/C23H32O3/c1-14-12-20-19-5-4-16-13-23(25-10-11-26-23)9-7-17(16)18(19)6-8-22(20,3)21(14)15(2)24/h6,14,19-21H,4-5,7-13H2,1-3H3/t14-,19?,20?,21?,22+/m1/s1. The minimum atomic E-state index is -0.309. The van der Waals surface area contributed by atoms with Crippen LogP contribution in [0.2, 0.25) is 0 Å². The second kappa shape index (κ2) is 5.78. The van der Waals surface area contributed by atoms with Crippen LogP contribution >= 0.6 is 0 Å². The van der Waals surface area contributed by atoms with Gasteiger partial charge in [0.1, 0.15) is 5.78 Å². The Morgan fingerprint density at radius 2 is 2.00 bits per heavy atom. The summed E-state index contributed by atoms with van der Waals surface area (Å²) in [5.41, 5.74) is 5.04. The molecule has 1 spiro atoms. The third-order valence-electron chi connectivity index (χ3n) is 8.42. The SMILES string of the molecule is CC(=O)C1[C@H](C)CC2C3CCC4=C(CCC5(C4)OCCO5)C3=CC[C@@]21C. The summed E-state index contributed by atoms with van der Waals surface area (Å²) < 4.78 is 12.0. The van der Waals surface area contributed by atoms with Crippen LogP contribution in [-0.4, -0.2) is 24.8 Å². The van der Waals surface area contributed by atoms with E-state index in [2.05, 4.69) is 19.9 Å². The molecule has 0 radical (unpaired) electrons. The third kappa shape index (κ3) is 2.29. The van der Waals surface area contributed by atoms with Crippen molar-refractivity contribution >= 4 is 5.78 Å². The molecule has 0 aromatic heterocycles. The zero-order valence-electron chi connectivity index (χ0n) is 16.5. The largest absolute Gasteiger partial charge is 0.347 e. The minimum absolute atomic E-state index is 0.172. The van der Waals surface area contributed by atoms with Crippen LogP contribution in [0.1, 0.15) is 65.7 Å². The van der Waals surface area contributed by atoms with Crippen molar-refractivity contribution in [2.75, 3.05) is 13.2 Å². The molecule has 3 heteroatoms. The highest BCUT2D eigenvalue weighted by Crippen LogP contribution is 2.63. The molecule has 0 N–H and O–H groups in total. The molecule has 1 saturated carbocycles. The molecule has 0 amide bonds. The number of ether oxygens (including phenoxy) is 2. The average molecular weight is 357 g/mol. The molecular weight excluding hydrogens is 324 g/mol. The first-order valence-corrected chi connectivity index (χ1v) is 10.6. The summed E-state index contributed by atoms with van der Waals surface area (Å²) >= 11 is 0. The Bertz CT molecular complexity index is 696. The van der Waals surface area contributed by atoms with Gasteiger partial charge >= 0.3 is 0 Å². The van der Waals surface area contributed by atoms with Gasteiger partial charge in [0, 0.05) is 18.8 Å². The molecule has 142 valence electrons. The Kier molecular flexibility index (Phi) is 3.82. The quantitative estimate of drug-likeness (QED) is 0.676. The van der Waals surface area contributed by atoms with Gasteiger partial charge in [-0.25, -0.2) is 0 Å². The fraction of sp³-hybridized carbons (Fsp3) is 0.783. The van der Waals surface area contributed by atoms with Crippen LogP contribution < -0.4 is 0 Å². The number of hydrogen-bond acceptors (Lipinski definition) is 3. The normalized spacial score (nSPS) is 43.7. The second-order valence-corrected chi connectivity index (χ2v) is 9.79. The van der Waals surface area contributed by atoms with E-state index in [1.165, 1.54) is 19.3 Å². The van der Waals surface area contributed by atoms with Crippen molar-refractivity contribution in [1.29, 1.82) is 0 Å². The molecular formula is C23H32O3. The van der Waals surface area contributed by atoms with E-state index in [1.54, 1.807) is 16.7 Å². The topological polar surface area (TPSA) is 35.5 Å². The van der Waals surface area contributed by atoms with E-state index in [0.717, 1.165) is 38.9 Å². The Morgan fingerprint density at radius 3 is 2.73 bits per heavy atom. The zero-order valence-corrected chi connectivity index (χ0v) is 16.5. The van der Waals surface area contributed by atoms with E-state index in [4.69, 9.17) is 9.47 Å². The van der Waals surface area contributed by atoms with Crippen LogP contribution in [0.25, 0.3) is 0 Å². The number of ketones is 1. The van der Waals surface area contributed by atoms with Crippen molar-refractivity contribution in [3.8, 4) is 0 Å². The van der Waals surface area contributed by atoms with E-state index in [9.17, 15) is 4.79 Å². The van der Waals surface area contributed by atoms with Crippen LogP contribution in [-0.2, 0) is 14.3 Å². The summed E-state index contributed by atoms with van der Waals surface area (Å²) in [6.07, 6.45) is 10.3. The number of Topliss-reactive ketones (excluding diaryl/α,β-unsaturated/α-hetero) is 1. The highest BCUT2D eigenvalue weighted by atomic mass is 16.7. The maximum absolute atomic E-state index is 12.4. The maximum Gasteiger partial charge on any atom is 0.172 e. The molecule has 5 rings (SSSR count). The fourth-order valence-electron chi connectivity index (χ4n) is 7.53. The van der Waals surface area contributed by atoms with Gasteiger partial charge in [0.25, 0.3) is 0 Å². The second-order valence-electron chi connectivity index (χ2n) is 9.79. The van der Waals surface area contributed by atoms with Crippen LogP contribution in [0.15, 0.2) is 22.8 Å². The summed E-state index contributed by atoms with van der Waals surface area (Å²) in [5, 5.41) is 0. The van der Waals surface area contributed by atoms with Crippen LogP contribution in [0.3, 0.4) is 0 Å². The maximum atomic E-state index is 12.4. The molecule has 1 saturated heterocycles. The zero-order chi connectivity index (χ0) is 18.1. The Morgan fingerprint density at radius 1 is 1.23 bits per heavy atom. The number of fused-ring (bicyclic) bond motifs is 4. The van der Waals surface area contributed by atoms with E-state index in [1.807, 2.05) is 6.92 Å². The lowest BCUT2D eigenvalue weighted by molar-refractivity contribution is -0.164. The van der Waals surface area contributed by atoms with Crippen LogP contribution in [0.4, 0.5) is 0 Å². The van der Waals surface area contributed by atoms with E-state index < -0.39 is 0 Å². The predicted octanol–water partition coefficient (Wildman–Crippen LogP) is 4.82. The van der Waals surface area contributed by atoms with Gasteiger partial charge in [-0.05, 0) is 73.3 Å². The van der Waals surface area contributed by atoms with Gasteiger partial charge < -0.3 is 9.47 Å². The highest BCUT2D eigenvalue weighted by molar-refractivity contribution is 5.80. The van der Waals surface area contributed by atoms with Gasteiger partial charge in [0.05, 0.1) is 13.2 Å². The third-order valence-corrected chi connectivity index (χ3v) is 8.42. The summed E-state index contributed by atoms with van der Waals surface area (Å²) in [4.78, 5) is 12.4. The van der Waals surface area contributed by atoms with Gasteiger partial charge in [-0.3, -0.25) is 4.79 Å². The van der Waals surface area contributed by atoms with Gasteiger partial charge in [0.15, 0.2) is 5.79 Å². The lowest BCUT2D eigenvalue weighted by Crippen LogP contribution is -2.42. The minimum Gasteiger partial charge on any atom is -0.347 e. The van der Waals surface area contributed by atoms with Crippen molar-refractivity contribution < 1.29 is 14.3 Å². The number of carbonyl (C=O) groups is 1. The summed E-state index contributed by atoms with van der Waals surface area (Å²) in [7, 11) is 0. The number of hydrogen-bond donors (Lipinski definition) is 0. The van der Waals surface area contributed by atoms with Gasteiger partial charge in [0.2, 0.25) is 0 Å². The molecule has 5 atom stereocenters. The smallest absolute Gasteiger partial charge is 0.172 e.